The lowest BCUT2D eigenvalue weighted by atomic mass is 10.1. The van der Waals surface area contributed by atoms with Crippen molar-refractivity contribution < 1.29 is 5.11 Å². The van der Waals surface area contributed by atoms with Crippen LogP contribution in [0.3, 0.4) is 0 Å². The summed E-state index contributed by atoms with van der Waals surface area (Å²) in [6.45, 7) is 5.73. The molecule has 0 amide bonds. The van der Waals surface area contributed by atoms with E-state index in [1.165, 1.54) is 0 Å². The Labute approximate surface area is 79.0 Å². The first-order chi connectivity index (χ1) is 5.70. The molecule has 0 spiro atoms. The van der Waals surface area contributed by atoms with Gasteiger partial charge in [-0.25, -0.2) is 0 Å². The number of aliphatic hydroxyl groups excluding tert-OH is 1. The van der Waals surface area contributed by atoms with Crippen molar-refractivity contribution in [3.63, 3.8) is 0 Å². The Morgan fingerprint density at radius 1 is 1.17 bits per heavy atom. The first-order valence-corrected chi connectivity index (χ1v) is 4.51. The van der Waals surface area contributed by atoms with E-state index >= 15 is 0 Å². The Hall–Kier alpha value is -0.530. The predicted molar refractivity (Wildman–Crippen MR) is 53.4 cm³/mol. The summed E-state index contributed by atoms with van der Waals surface area (Å²) in [6, 6.07) is 7.16. The summed E-state index contributed by atoms with van der Waals surface area (Å²) < 4.78 is 0. The van der Waals surface area contributed by atoms with Gasteiger partial charge in [-0.2, -0.15) is 0 Å². The van der Waals surface area contributed by atoms with Crippen LogP contribution in [0.4, 0.5) is 0 Å². The monoisotopic (exact) mass is 186 g/mol. The number of halogens is 1. The van der Waals surface area contributed by atoms with Gasteiger partial charge in [0, 0.05) is 5.02 Å². The lowest BCUT2D eigenvalue weighted by molar-refractivity contribution is 0.199. The van der Waals surface area contributed by atoms with Gasteiger partial charge in [0.2, 0.25) is 0 Å². The minimum atomic E-state index is -0.405. The standard InChI is InChI=1S/C8H9ClO.C2H6/c1-6(10)7-2-4-8(9)5-3-7;1-2/h2-6,10H,1H3;1-2H3. The van der Waals surface area contributed by atoms with Crippen molar-refractivity contribution >= 4 is 11.6 Å². The molecule has 0 saturated carbocycles. The zero-order valence-electron chi connectivity index (χ0n) is 7.71. The molecule has 2 heteroatoms. The van der Waals surface area contributed by atoms with Crippen LogP contribution in [0.5, 0.6) is 0 Å². The van der Waals surface area contributed by atoms with Gasteiger partial charge in [-0.1, -0.05) is 37.6 Å². The van der Waals surface area contributed by atoms with Crippen molar-refractivity contribution in [1.82, 2.24) is 0 Å². The molecule has 1 aromatic carbocycles. The summed E-state index contributed by atoms with van der Waals surface area (Å²) in [5.74, 6) is 0. The second-order valence-corrected chi connectivity index (χ2v) is 2.66. The third-order valence-corrected chi connectivity index (χ3v) is 1.60. The third-order valence-electron chi connectivity index (χ3n) is 1.35. The number of hydrogen-bond donors (Lipinski definition) is 1. The molecule has 0 saturated heterocycles. The molecule has 0 radical (unpaired) electrons. The molecular formula is C10H15ClO. The molecule has 0 aliphatic carbocycles. The topological polar surface area (TPSA) is 20.2 Å². The summed E-state index contributed by atoms with van der Waals surface area (Å²) in [6.07, 6.45) is -0.405. The summed E-state index contributed by atoms with van der Waals surface area (Å²) >= 11 is 5.63. The summed E-state index contributed by atoms with van der Waals surface area (Å²) in [7, 11) is 0. The van der Waals surface area contributed by atoms with Crippen LogP contribution in [0.15, 0.2) is 24.3 Å². The fraction of sp³-hybridized carbons (Fsp3) is 0.400. The van der Waals surface area contributed by atoms with Crippen LogP contribution in [0.25, 0.3) is 0 Å². The Kier molecular flexibility index (Phi) is 5.77. The van der Waals surface area contributed by atoms with Crippen LogP contribution in [0.1, 0.15) is 32.4 Å². The minimum Gasteiger partial charge on any atom is -0.389 e. The number of benzene rings is 1. The van der Waals surface area contributed by atoms with Gasteiger partial charge in [0.05, 0.1) is 6.10 Å². The van der Waals surface area contributed by atoms with Crippen molar-refractivity contribution in [2.45, 2.75) is 26.9 Å². The second kappa shape index (κ2) is 6.04. The molecule has 1 atom stereocenters. The maximum Gasteiger partial charge on any atom is 0.0761 e. The van der Waals surface area contributed by atoms with Gasteiger partial charge in [0.25, 0.3) is 0 Å². The van der Waals surface area contributed by atoms with Gasteiger partial charge in [-0.15, -0.1) is 0 Å². The third kappa shape index (κ3) is 3.74. The maximum atomic E-state index is 9.07. The van der Waals surface area contributed by atoms with Crippen molar-refractivity contribution in [3.8, 4) is 0 Å². The Balaban J connectivity index is 0.000000561. The molecule has 0 heterocycles. The first-order valence-electron chi connectivity index (χ1n) is 4.13. The molecule has 0 aliphatic rings. The largest absolute Gasteiger partial charge is 0.389 e. The zero-order chi connectivity index (χ0) is 9.56. The van der Waals surface area contributed by atoms with E-state index in [4.69, 9.17) is 16.7 Å². The second-order valence-electron chi connectivity index (χ2n) is 2.23. The Bertz CT molecular complexity index is 204. The average molecular weight is 187 g/mol. The highest BCUT2D eigenvalue weighted by molar-refractivity contribution is 6.30. The lowest BCUT2D eigenvalue weighted by Gasteiger charge is -2.02. The number of aliphatic hydroxyl groups is 1. The van der Waals surface area contributed by atoms with Crippen molar-refractivity contribution in [3.05, 3.63) is 34.9 Å². The fourth-order valence-electron chi connectivity index (χ4n) is 0.741. The van der Waals surface area contributed by atoms with Crippen molar-refractivity contribution in [2.24, 2.45) is 0 Å². The lowest BCUT2D eigenvalue weighted by Crippen LogP contribution is -1.88. The van der Waals surface area contributed by atoms with Crippen molar-refractivity contribution in [2.75, 3.05) is 0 Å². The Morgan fingerprint density at radius 2 is 1.58 bits per heavy atom. The van der Waals surface area contributed by atoms with Crippen molar-refractivity contribution in [1.29, 1.82) is 0 Å². The molecule has 68 valence electrons. The number of hydrogen-bond acceptors (Lipinski definition) is 1. The number of rotatable bonds is 1. The highest BCUT2D eigenvalue weighted by Crippen LogP contribution is 2.14. The van der Waals surface area contributed by atoms with E-state index in [0.29, 0.717) is 5.02 Å². The zero-order valence-corrected chi connectivity index (χ0v) is 8.47. The smallest absolute Gasteiger partial charge is 0.0761 e. The summed E-state index contributed by atoms with van der Waals surface area (Å²) in [5.41, 5.74) is 0.893. The van der Waals surface area contributed by atoms with Gasteiger partial charge in [-0.3, -0.25) is 0 Å². The average Bonchev–Trinajstić information content (AvgIpc) is 2.09. The molecular weight excluding hydrogens is 172 g/mol. The van der Waals surface area contributed by atoms with E-state index in [-0.39, 0.29) is 0 Å². The molecule has 1 aromatic rings. The van der Waals surface area contributed by atoms with E-state index in [1.54, 1.807) is 19.1 Å². The Morgan fingerprint density at radius 3 is 1.92 bits per heavy atom. The van der Waals surface area contributed by atoms with Crippen LogP contribution in [0.2, 0.25) is 5.02 Å². The molecule has 0 bridgehead atoms. The molecule has 1 unspecified atom stereocenters. The van der Waals surface area contributed by atoms with E-state index in [1.807, 2.05) is 26.0 Å². The van der Waals surface area contributed by atoms with Gasteiger partial charge in [-0.05, 0) is 24.6 Å². The van der Waals surface area contributed by atoms with E-state index in [9.17, 15) is 0 Å². The summed E-state index contributed by atoms with van der Waals surface area (Å²) in [5, 5.41) is 9.77. The van der Waals surface area contributed by atoms with Crippen LogP contribution in [-0.2, 0) is 0 Å². The van der Waals surface area contributed by atoms with E-state index < -0.39 is 6.10 Å². The predicted octanol–water partition coefficient (Wildman–Crippen LogP) is 3.42. The van der Waals surface area contributed by atoms with Crippen LogP contribution in [-0.4, -0.2) is 5.11 Å². The van der Waals surface area contributed by atoms with E-state index in [0.717, 1.165) is 5.56 Å². The molecule has 0 aromatic heterocycles. The highest BCUT2D eigenvalue weighted by Gasteiger charge is 1.97. The molecule has 0 fully saturated rings. The van der Waals surface area contributed by atoms with Crippen LogP contribution in [0, 0.1) is 0 Å². The van der Waals surface area contributed by atoms with Gasteiger partial charge >= 0.3 is 0 Å². The molecule has 1 nitrogen and oxygen atoms in total. The summed E-state index contributed by atoms with van der Waals surface area (Å²) in [4.78, 5) is 0. The SMILES string of the molecule is CC.CC(O)c1ccc(Cl)cc1. The molecule has 1 N–H and O–H groups in total. The molecule has 12 heavy (non-hydrogen) atoms. The van der Waals surface area contributed by atoms with Gasteiger partial charge < -0.3 is 5.11 Å². The van der Waals surface area contributed by atoms with E-state index in [2.05, 4.69) is 0 Å². The molecule has 0 aliphatic heterocycles. The highest BCUT2D eigenvalue weighted by atomic mass is 35.5. The quantitative estimate of drug-likeness (QED) is 0.713. The molecule has 1 rings (SSSR count). The van der Waals surface area contributed by atoms with Gasteiger partial charge in [0.15, 0.2) is 0 Å². The van der Waals surface area contributed by atoms with Crippen LogP contribution < -0.4 is 0 Å². The maximum absolute atomic E-state index is 9.07. The van der Waals surface area contributed by atoms with Crippen LogP contribution >= 0.6 is 11.6 Å². The van der Waals surface area contributed by atoms with Gasteiger partial charge in [0.1, 0.15) is 0 Å². The minimum absolute atomic E-state index is 0.405. The normalized spacial score (nSPS) is 11.4. The fourth-order valence-corrected chi connectivity index (χ4v) is 0.867. The first kappa shape index (κ1) is 11.5.